The van der Waals surface area contributed by atoms with Crippen molar-refractivity contribution in [3.05, 3.63) is 22.4 Å². The average molecular weight is 196 g/mol. The molecule has 0 radical (unpaired) electrons. The lowest BCUT2D eigenvalue weighted by Crippen LogP contribution is -1.98. The van der Waals surface area contributed by atoms with Gasteiger partial charge in [-0.3, -0.25) is 4.79 Å². The zero-order valence-corrected chi connectivity index (χ0v) is 8.39. The van der Waals surface area contributed by atoms with Crippen LogP contribution in [-0.4, -0.2) is 11.6 Å². The molecule has 1 heterocycles. The molecule has 0 amide bonds. The fraction of sp³-hybridized carbons (Fsp3) is 0.400. The topological polar surface area (TPSA) is 34.1 Å². The minimum atomic E-state index is 0.149. The number of thiophene rings is 1. The van der Waals surface area contributed by atoms with E-state index >= 15 is 0 Å². The van der Waals surface area contributed by atoms with E-state index in [9.17, 15) is 9.59 Å². The molecule has 70 valence electrons. The summed E-state index contributed by atoms with van der Waals surface area (Å²) in [6.07, 6.45) is 1.67. The van der Waals surface area contributed by atoms with Crippen molar-refractivity contribution in [2.75, 3.05) is 0 Å². The fourth-order valence-corrected chi connectivity index (χ4v) is 1.75. The zero-order valence-electron chi connectivity index (χ0n) is 7.58. The van der Waals surface area contributed by atoms with Crippen LogP contribution in [0, 0.1) is 0 Å². The molecule has 1 aromatic rings. The van der Waals surface area contributed by atoms with Crippen LogP contribution in [0.2, 0.25) is 0 Å². The Labute approximate surface area is 81.6 Å². The first-order valence-electron chi connectivity index (χ1n) is 4.26. The summed E-state index contributed by atoms with van der Waals surface area (Å²) in [6.45, 7) is 1.55. The van der Waals surface area contributed by atoms with Gasteiger partial charge in [0.2, 0.25) is 0 Å². The monoisotopic (exact) mass is 196 g/mol. The molecule has 2 nitrogen and oxygen atoms in total. The second-order valence-corrected chi connectivity index (χ2v) is 3.90. The molecule has 3 heteroatoms. The first-order chi connectivity index (χ1) is 6.20. The predicted octanol–water partition coefficient (Wildman–Crippen LogP) is 2.69. The summed E-state index contributed by atoms with van der Waals surface area (Å²) in [5.74, 6) is 0.301. The van der Waals surface area contributed by atoms with Gasteiger partial charge in [-0.25, -0.2) is 0 Å². The smallest absolute Gasteiger partial charge is 0.172 e. The maximum absolute atomic E-state index is 11.4. The van der Waals surface area contributed by atoms with Crippen LogP contribution >= 0.6 is 11.3 Å². The maximum atomic E-state index is 11.4. The van der Waals surface area contributed by atoms with Gasteiger partial charge in [-0.1, -0.05) is 6.07 Å². The average Bonchev–Trinajstić information content (AvgIpc) is 2.55. The van der Waals surface area contributed by atoms with Crippen LogP contribution in [0.4, 0.5) is 0 Å². The minimum absolute atomic E-state index is 0.149. The third-order valence-corrected chi connectivity index (χ3v) is 2.64. The van der Waals surface area contributed by atoms with E-state index in [4.69, 9.17) is 0 Å². The maximum Gasteiger partial charge on any atom is 0.172 e. The van der Waals surface area contributed by atoms with Crippen molar-refractivity contribution >= 4 is 22.9 Å². The van der Waals surface area contributed by atoms with Crippen molar-refractivity contribution in [2.45, 2.75) is 26.2 Å². The number of hydrogen-bond donors (Lipinski definition) is 0. The van der Waals surface area contributed by atoms with Gasteiger partial charge in [0.1, 0.15) is 5.78 Å². The van der Waals surface area contributed by atoms with Gasteiger partial charge in [-0.05, 0) is 24.8 Å². The zero-order chi connectivity index (χ0) is 9.68. The highest BCUT2D eigenvalue weighted by Gasteiger charge is 2.06. The predicted molar refractivity (Wildman–Crippen MR) is 53.2 cm³/mol. The number of ketones is 2. The van der Waals surface area contributed by atoms with E-state index in [0.717, 1.165) is 4.88 Å². The van der Waals surface area contributed by atoms with Crippen LogP contribution in [0.5, 0.6) is 0 Å². The van der Waals surface area contributed by atoms with Crippen LogP contribution in [0.25, 0.3) is 0 Å². The number of carbonyl (C=O) groups is 2. The van der Waals surface area contributed by atoms with Gasteiger partial charge in [-0.2, -0.15) is 0 Å². The van der Waals surface area contributed by atoms with Gasteiger partial charge in [0.05, 0.1) is 4.88 Å². The second-order valence-electron chi connectivity index (χ2n) is 2.96. The molecule has 0 N–H and O–H groups in total. The number of hydrogen-bond acceptors (Lipinski definition) is 3. The summed E-state index contributed by atoms with van der Waals surface area (Å²) in [6, 6.07) is 3.68. The normalized spacial score (nSPS) is 9.92. The molecule has 0 aliphatic heterocycles. The van der Waals surface area contributed by atoms with Crippen molar-refractivity contribution < 1.29 is 9.59 Å². The second kappa shape index (κ2) is 4.92. The number of Topliss-reactive ketones (excluding diaryl/α,β-unsaturated/α-hetero) is 2. The summed E-state index contributed by atoms with van der Waals surface area (Å²) >= 11 is 1.46. The quantitative estimate of drug-likeness (QED) is 0.678. The molecule has 13 heavy (non-hydrogen) atoms. The third-order valence-electron chi connectivity index (χ3n) is 1.73. The van der Waals surface area contributed by atoms with Crippen LogP contribution in [-0.2, 0) is 4.79 Å². The van der Waals surface area contributed by atoms with E-state index in [1.54, 1.807) is 6.92 Å². The molecule has 0 fully saturated rings. The van der Waals surface area contributed by atoms with Crippen molar-refractivity contribution in [3.63, 3.8) is 0 Å². The molecule has 0 saturated carbocycles. The van der Waals surface area contributed by atoms with Crippen molar-refractivity contribution in [3.8, 4) is 0 Å². The van der Waals surface area contributed by atoms with Crippen LogP contribution in [0.3, 0.4) is 0 Å². The summed E-state index contributed by atoms with van der Waals surface area (Å²) in [5.41, 5.74) is 0. The Balaban J connectivity index is 2.31. The van der Waals surface area contributed by atoms with Crippen LogP contribution < -0.4 is 0 Å². The summed E-state index contributed by atoms with van der Waals surface area (Å²) < 4.78 is 0. The van der Waals surface area contributed by atoms with Gasteiger partial charge in [0, 0.05) is 12.8 Å². The Kier molecular flexibility index (Phi) is 3.83. The lowest BCUT2D eigenvalue weighted by molar-refractivity contribution is -0.117. The van der Waals surface area contributed by atoms with E-state index in [-0.39, 0.29) is 11.6 Å². The first-order valence-corrected chi connectivity index (χ1v) is 5.14. The summed E-state index contributed by atoms with van der Waals surface area (Å²) in [4.78, 5) is 22.8. The molecule has 0 aliphatic carbocycles. The van der Waals surface area contributed by atoms with Gasteiger partial charge < -0.3 is 4.79 Å². The van der Waals surface area contributed by atoms with Gasteiger partial charge in [0.25, 0.3) is 0 Å². The first kappa shape index (κ1) is 10.1. The van der Waals surface area contributed by atoms with E-state index in [2.05, 4.69) is 0 Å². The van der Waals surface area contributed by atoms with Gasteiger partial charge in [0.15, 0.2) is 5.78 Å². The Morgan fingerprint density at radius 2 is 2.15 bits per heavy atom. The van der Waals surface area contributed by atoms with Gasteiger partial charge in [-0.15, -0.1) is 11.3 Å². The van der Waals surface area contributed by atoms with Crippen molar-refractivity contribution in [1.82, 2.24) is 0 Å². The molecule has 0 aliphatic rings. The Morgan fingerprint density at radius 1 is 1.38 bits per heavy atom. The Hall–Kier alpha value is -0.960. The molecule has 1 aromatic heterocycles. The van der Waals surface area contributed by atoms with E-state index < -0.39 is 0 Å². The number of carbonyl (C=O) groups excluding carboxylic acids is 2. The Morgan fingerprint density at radius 3 is 2.69 bits per heavy atom. The molecule has 0 spiro atoms. The molecule has 0 saturated heterocycles. The SMILES string of the molecule is CC(=O)CCCC(=O)c1cccs1. The highest BCUT2D eigenvalue weighted by atomic mass is 32.1. The molecule has 0 bridgehead atoms. The van der Waals surface area contributed by atoms with E-state index in [0.29, 0.717) is 19.3 Å². The lowest BCUT2D eigenvalue weighted by atomic mass is 10.1. The summed E-state index contributed by atoms with van der Waals surface area (Å²) in [5, 5.41) is 1.89. The molecule has 0 aromatic carbocycles. The van der Waals surface area contributed by atoms with E-state index in [1.807, 2.05) is 17.5 Å². The van der Waals surface area contributed by atoms with Crippen LogP contribution in [0.1, 0.15) is 35.9 Å². The molecule has 0 atom stereocenters. The van der Waals surface area contributed by atoms with Crippen LogP contribution in [0.15, 0.2) is 17.5 Å². The largest absolute Gasteiger partial charge is 0.300 e. The third kappa shape index (κ3) is 3.51. The molecule has 1 rings (SSSR count). The van der Waals surface area contributed by atoms with Gasteiger partial charge >= 0.3 is 0 Å². The fourth-order valence-electron chi connectivity index (χ4n) is 1.06. The molecule has 0 unspecified atom stereocenters. The highest BCUT2D eigenvalue weighted by molar-refractivity contribution is 7.12. The standard InChI is InChI=1S/C10H12O2S/c1-8(11)4-2-5-9(12)10-6-3-7-13-10/h3,6-7H,2,4-5H2,1H3. The molecular formula is C10H12O2S. The minimum Gasteiger partial charge on any atom is -0.300 e. The van der Waals surface area contributed by atoms with Crippen molar-refractivity contribution in [2.24, 2.45) is 0 Å². The lowest BCUT2D eigenvalue weighted by Gasteiger charge is -1.95. The van der Waals surface area contributed by atoms with Crippen molar-refractivity contribution in [1.29, 1.82) is 0 Å². The number of rotatable bonds is 5. The van der Waals surface area contributed by atoms with E-state index in [1.165, 1.54) is 11.3 Å². The summed E-state index contributed by atoms with van der Waals surface area (Å²) in [7, 11) is 0. The Bertz CT molecular complexity index is 288. The molecular weight excluding hydrogens is 184 g/mol. The highest BCUT2D eigenvalue weighted by Crippen LogP contribution is 2.12.